The summed E-state index contributed by atoms with van der Waals surface area (Å²) in [6.07, 6.45) is 3.09. The van der Waals surface area contributed by atoms with E-state index in [9.17, 15) is 34.2 Å². The van der Waals surface area contributed by atoms with Gasteiger partial charge in [0.15, 0.2) is 28.8 Å². The van der Waals surface area contributed by atoms with Gasteiger partial charge in [-0.05, 0) is 25.5 Å². The average molecular weight is 609 g/mol. The smallest absolute Gasteiger partial charge is 0.343 e. The van der Waals surface area contributed by atoms with Crippen molar-refractivity contribution in [3.63, 3.8) is 0 Å². The van der Waals surface area contributed by atoms with E-state index in [0.29, 0.717) is 12.0 Å². The predicted octanol–water partition coefficient (Wildman–Crippen LogP) is 6.72. The third-order valence-electron chi connectivity index (χ3n) is 7.09. The van der Waals surface area contributed by atoms with Crippen molar-refractivity contribution in [2.75, 3.05) is 6.61 Å². The molecule has 0 aliphatic heterocycles. The van der Waals surface area contributed by atoms with Crippen LogP contribution in [0, 0.1) is 0 Å². The first-order valence-corrected chi connectivity index (χ1v) is 14.5. The topological polar surface area (TPSA) is 144 Å². The van der Waals surface area contributed by atoms with Gasteiger partial charge in [0.05, 0.1) is 28.9 Å². The Balaban J connectivity index is 1.98. The maximum absolute atomic E-state index is 14.2. The molecule has 45 heavy (non-hydrogen) atoms. The summed E-state index contributed by atoms with van der Waals surface area (Å²) in [5.74, 6) is -7.21. The zero-order valence-corrected chi connectivity index (χ0v) is 24.9. The molecule has 0 aliphatic rings. The Morgan fingerprint density at radius 2 is 1.11 bits per heavy atom. The third-order valence-corrected chi connectivity index (χ3v) is 7.09. The molecular formula is C36H32O9. The van der Waals surface area contributed by atoms with Crippen LogP contribution in [0.15, 0.2) is 84.9 Å². The van der Waals surface area contributed by atoms with E-state index in [1.807, 2.05) is 6.92 Å². The molecular weight excluding hydrogens is 576 g/mol. The molecule has 0 unspecified atom stereocenters. The molecule has 2 N–H and O–H groups in total. The highest BCUT2D eigenvalue weighted by molar-refractivity contribution is 6.24. The molecule has 4 aromatic rings. The summed E-state index contributed by atoms with van der Waals surface area (Å²) in [5.41, 5.74) is -1.69. The summed E-state index contributed by atoms with van der Waals surface area (Å²) in [6, 6.07) is 20.8. The van der Waals surface area contributed by atoms with Crippen LogP contribution in [0.25, 0.3) is 0 Å². The van der Waals surface area contributed by atoms with E-state index in [2.05, 4.69) is 0 Å². The largest absolute Gasteiger partial charge is 0.504 e. The maximum Gasteiger partial charge on any atom is 0.343 e. The fraction of sp³-hybridized carbons (Fsp3) is 0.194. The number of esters is 2. The quantitative estimate of drug-likeness (QED) is 0.0556. The molecule has 0 aliphatic carbocycles. The molecule has 4 aromatic carbocycles. The molecule has 0 amide bonds. The molecule has 0 bridgehead atoms. The highest BCUT2D eigenvalue weighted by atomic mass is 16.5. The van der Waals surface area contributed by atoms with Crippen LogP contribution < -0.4 is 4.74 Å². The summed E-state index contributed by atoms with van der Waals surface area (Å²) in [4.78, 5) is 66.8. The van der Waals surface area contributed by atoms with E-state index in [1.165, 1.54) is 55.5 Å². The first kappa shape index (κ1) is 32.3. The molecule has 0 heterocycles. The first-order valence-electron chi connectivity index (χ1n) is 14.5. The van der Waals surface area contributed by atoms with E-state index < -0.39 is 57.4 Å². The summed E-state index contributed by atoms with van der Waals surface area (Å²) >= 11 is 0. The van der Waals surface area contributed by atoms with Crippen molar-refractivity contribution in [1.82, 2.24) is 0 Å². The Kier molecular flexibility index (Phi) is 10.6. The molecule has 0 aromatic heterocycles. The number of rotatable bonds is 13. The van der Waals surface area contributed by atoms with Gasteiger partial charge in [-0.3, -0.25) is 14.4 Å². The highest BCUT2D eigenvalue weighted by Gasteiger charge is 2.37. The van der Waals surface area contributed by atoms with Crippen molar-refractivity contribution in [1.29, 1.82) is 0 Å². The Morgan fingerprint density at radius 3 is 1.69 bits per heavy atom. The number of carbonyl (C=O) groups excluding carboxylic acids is 5. The minimum absolute atomic E-state index is 0.0439. The minimum atomic E-state index is -1.14. The lowest BCUT2D eigenvalue weighted by atomic mass is 9.88. The molecule has 0 spiro atoms. The van der Waals surface area contributed by atoms with Crippen LogP contribution in [0.1, 0.15) is 102 Å². The van der Waals surface area contributed by atoms with Crippen LogP contribution in [0.2, 0.25) is 0 Å². The number of aromatic hydroxyl groups is 2. The number of hydrogen-bond donors (Lipinski definition) is 2. The van der Waals surface area contributed by atoms with Gasteiger partial charge < -0.3 is 19.7 Å². The molecule has 0 fully saturated rings. The average Bonchev–Trinajstić information content (AvgIpc) is 3.06. The second-order valence-electron chi connectivity index (χ2n) is 10.3. The second-order valence-corrected chi connectivity index (χ2v) is 10.3. The van der Waals surface area contributed by atoms with Gasteiger partial charge in [-0.15, -0.1) is 0 Å². The van der Waals surface area contributed by atoms with Crippen LogP contribution in [0.5, 0.6) is 17.2 Å². The van der Waals surface area contributed by atoms with Crippen LogP contribution in [-0.4, -0.2) is 46.1 Å². The third kappa shape index (κ3) is 7.33. The van der Waals surface area contributed by atoms with E-state index >= 15 is 0 Å². The van der Waals surface area contributed by atoms with Crippen LogP contribution >= 0.6 is 0 Å². The number of benzene rings is 4. The number of ether oxygens (including phenoxy) is 2. The van der Waals surface area contributed by atoms with Crippen molar-refractivity contribution in [3.8, 4) is 17.2 Å². The van der Waals surface area contributed by atoms with Gasteiger partial charge in [0.25, 0.3) is 0 Å². The lowest BCUT2D eigenvalue weighted by Crippen LogP contribution is -2.22. The highest BCUT2D eigenvalue weighted by Crippen LogP contribution is 2.46. The number of unbranched alkanes of at least 4 members (excludes halogenated alkanes) is 3. The summed E-state index contributed by atoms with van der Waals surface area (Å²) in [5, 5.41) is 22.4. The molecule has 0 saturated carbocycles. The van der Waals surface area contributed by atoms with Crippen LogP contribution in [-0.2, 0) is 4.74 Å². The van der Waals surface area contributed by atoms with Gasteiger partial charge >= 0.3 is 11.9 Å². The fourth-order valence-electron chi connectivity index (χ4n) is 4.67. The molecule has 0 atom stereocenters. The lowest BCUT2D eigenvalue weighted by molar-refractivity contribution is 0.0489. The second kappa shape index (κ2) is 14.7. The first-order chi connectivity index (χ1) is 21.6. The number of hydrogen-bond acceptors (Lipinski definition) is 9. The van der Waals surface area contributed by atoms with Gasteiger partial charge in [-0.25, -0.2) is 9.59 Å². The van der Waals surface area contributed by atoms with Gasteiger partial charge in [0.2, 0.25) is 5.75 Å². The number of phenolic OH excluding ortho intramolecular Hbond substituents is 2. The van der Waals surface area contributed by atoms with Crippen molar-refractivity contribution >= 4 is 29.3 Å². The molecule has 4 rings (SSSR count). The summed E-state index contributed by atoms with van der Waals surface area (Å²) < 4.78 is 11.0. The number of ketones is 3. The molecule has 230 valence electrons. The van der Waals surface area contributed by atoms with Crippen LogP contribution in [0.3, 0.4) is 0 Å². The Bertz CT molecular complexity index is 1720. The Hall–Kier alpha value is -5.57. The Labute approximate surface area is 260 Å². The molecule has 9 heteroatoms. The zero-order chi connectivity index (χ0) is 32.5. The van der Waals surface area contributed by atoms with E-state index in [0.717, 1.165) is 19.3 Å². The molecule has 0 radical (unpaired) electrons. The Morgan fingerprint density at radius 1 is 0.578 bits per heavy atom. The van der Waals surface area contributed by atoms with E-state index in [1.54, 1.807) is 36.4 Å². The normalized spacial score (nSPS) is 10.6. The lowest BCUT2D eigenvalue weighted by Gasteiger charge is -2.20. The summed E-state index contributed by atoms with van der Waals surface area (Å²) in [7, 11) is 0. The number of Topliss-reactive ketones (excluding diaryl/α,β-unsaturated/α-hetero) is 1. The maximum atomic E-state index is 14.2. The predicted molar refractivity (Wildman–Crippen MR) is 165 cm³/mol. The molecule has 0 saturated heterocycles. The van der Waals surface area contributed by atoms with Crippen molar-refractivity contribution in [2.45, 2.75) is 39.5 Å². The SMILES string of the molecule is CCCCCCOC(=O)c1c(C(=O)c2ccccc2)c(O)c(O)c(OC(=O)c2ccccc2)c1C(=O)c1ccc(C(C)=O)cc1. The van der Waals surface area contributed by atoms with Crippen molar-refractivity contribution in [2.24, 2.45) is 0 Å². The number of phenols is 2. The van der Waals surface area contributed by atoms with Gasteiger partial charge in [-0.1, -0.05) is 99.0 Å². The molecule has 9 nitrogen and oxygen atoms in total. The van der Waals surface area contributed by atoms with Gasteiger partial charge in [-0.2, -0.15) is 0 Å². The van der Waals surface area contributed by atoms with Gasteiger partial charge in [0.1, 0.15) is 0 Å². The van der Waals surface area contributed by atoms with Crippen molar-refractivity contribution in [3.05, 3.63) is 124 Å². The van der Waals surface area contributed by atoms with Crippen LogP contribution in [0.4, 0.5) is 0 Å². The van der Waals surface area contributed by atoms with E-state index in [-0.39, 0.29) is 29.1 Å². The number of carbonyl (C=O) groups is 5. The minimum Gasteiger partial charge on any atom is -0.504 e. The summed E-state index contributed by atoms with van der Waals surface area (Å²) in [6.45, 7) is 3.32. The fourth-order valence-corrected chi connectivity index (χ4v) is 4.67. The standard InChI is InChI=1S/C36H32O9/c1-3-4-5-12-21-44-36(43)27-28(30(38)24-13-8-6-9-14-24)32(40)33(41)34(45-35(42)26-15-10-7-11-16-26)29(27)31(39)25-19-17-23(18-20-25)22(2)37/h6-11,13-20,40-41H,3-5,12,21H2,1-2H3. The van der Waals surface area contributed by atoms with Gasteiger partial charge in [0, 0.05) is 16.7 Å². The zero-order valence-electron chi connectivity index (χ0n) is 24.9. The monoisotopic (exact) mass is 608 g/mol. The van der Waals surface area contributed by atoms with E-state index in [4.69, 9.17) is 9.47 Å². The van der Waals surface area contributed by atoms with Crippen molar-refractivity contribution < 1.29 is 43.7 Å².